The smallest absolute Gasteiger partial charge is 0.303 e. The second-order valence-electron chi connectivity index (χ2n) is 14.3. The number of esters is 4. The van der Waals surface area contributed by atoms with Gasteiger partial charge in [0.15, 0.2) is 17.1 Å². The third kappa shape index (κ3) is 12.7. The van der Waals surface area contributed by atoms with Gasteiger partial charge in [0, 0.05) is 58.0 Å². The maximum absolute atomic E-state index is 13.4. The Morgan fingerprint density at radius 1 is 0.951 bits per heavy atom. The zero-order chi connectivity index (χ0) is 45.2. The van der Waals surface area contributed by atoms with Crippen LogP contribution in [-0.2, 0) is 64.1 Å². The van der Waals surface area contributed by atoms with Gasteiger partial charge >= 0.3 is 23.9 Å². The Hall–Kier alpha value is -6.13. The number of hydrogen-bond acceptors (Lipinski definition) is 17. The summed E-state index contributed by atoms with van der Waals surface area (Å²) in [4.78, 5) is 70.5. The first-order chi connectivity index (χ1) is 28.7. The number of sulfonamides is 1. The van der Waals surface area contributed by atoms with Crippen LogP contribution in [0.5, 0.6) is 11.6 Å². The molecular weight excluding hydrogens is 827 g/mol. The summed E-state index contributed by atoms with van der Waals surface area (Å²) in [5.74, 6) is -3.61. The minimum atomic E-state index is -4.48. The molecule has 0 bridgehead atoms. The van der Waals surface area contributed by atoms with Crippen molar-refractivity contribution < 1.29 is 70.5 Å². The molecular formula is C39H49N5O16S. The molecule has 1 aliphatic rings. The van der Waals surface area contributed by atoms with Crippen LogP contribution in [0.3, 0.4) is 0 Å². The minimum Gasteiger partial charge on any atom is -0.494 e. The molecule has 4 rings (SSSR count). The summed E-state index contributed by atoms with van der Waals surface area (Å²) >= 11 is 0. The number of aryl methyl sites for hydroxylation is 1. The van der Waals surface area contributed by atoms with E-state index in [0.29, 0.717) is 17.0 Å². The SMILES string of the molecule is CC(=O)OC[C@H]1O[C@@H](Oc2n[nH]c(C(C)C)c2Cc2ccc(OCCCN(CC(N)=O)S(=O)(=O)c3ccccc3[N+](=O)[O-])cc2C)[C@H](OC(C)=O)[C@@H](OC(C)=O)[C@@H]1OC(C)=O. The van der Waals surface area contributed by atoms with Gasteiger partial charge in [0.05, 0.1) is 18.1 Å². The van der Waals surface area contributed by atoms with E-state index in [1.165, 1.54) is 12.1 Å². The number of para-hydroxylation sites is 1. The maximum Gasteiger partial charge on any atom is 0.303 e. The molecule has 5 atom stereocenters. The molecule has 3 N–H and O–H groups in total. The summed E-state index contributed by atoms with van der Waals surface area (Å²) in [6.07, 6.45) is -6.72. The zero-order valence-corrected chi connectivity index (χ0v) is 35.4. The summed E-state index contributed by atoms with van der Waals surface area (Å²) < 4.78 is 67.5. The van der Waals surface area contributed by atoms with Crippen LogP contribution in [0, 0.1) is 17.0 Å². The van der Waals surface area contributed by atoms with Crippen molar-refractivity contribution in [2.75, 3.05) is 26.3 Å². The number of hydrogen-bond donors (Lipinski definition) is 2. The molecule has 3 aromatic rings. The Morgan fingerprint density at radius 2 is 1.59 bits per heavy atom. The van der Waals surface area contributed by atoms with Gasteiger partial charge < -0.3 is 38.9 Å². The highest BCUT2D eigenvalue weighted by molar-refractivity contribution is 7.89. The summed E-state index contributed by atoms with van der Waals surface area (Å²) in [6.45, 7) is 8.83. The average molecular weight is 876 g/mol. The van der Waals surface area contributed by atoms with Crippen LogP contribution in [0.15, 0.2) is 47.4 Å². The number of nitro groups is 1. The third-order valence-electron chi connectivity index (χ3n) is 9.13. The quantitative estimate of drug-likeness (QED) is 0.0542. The van der Waals surface area contributed by atoms with Gasteiger partial charge in [-0.25, -0.2) is 8.42 Å². The number of rotatable bonds is 20. The van der Waals surface area contributed by atoms with Crippen molar-refractivity contribution in [2.45, 2.75) is 103 Å². The van der Waals surface area contributed by atoms with Gasteiger partial charge in [0.2, 0.25) is 34.2 Å². The van der Waals surface area contributed by atoms with Crippen molar-refractivity contribution in [1.29, 1.82) is 0 Å². The van der Waals surface area contributed by atoms with E-state index in [4.69, 9.17) is 38.9 Å². The van der Waals surface area contributed by atoms with Crippen LogP contribution in [0.2, 0.25) is 0 Å². The number of aromatic nitrogens is 2. The summed E-state index contributed by atoms with van der Waals surface area (Å²) in [7, 11) is -4.48. The molecule has 21 nitrogen and oxygen atoms in total. The van der Waals surface area contributed by atoms with Gasteiger partial charge in [-0.15, -0.1) is 5.10 Å². The largest absolute Gasteiger partial charge is 0.494 e. The number of nitrogens with two attached hydrogens (primary N) is 1. The number of benzene rings is 2. The van der Waals surface area contributed by atoms with E-state index in [2.05, 4.69) is 10.2 Å². The van der Waals surface area contributed by atoms with Crippen LogP contribution in [0.4, 0.5) is 5.69 Å². The highest BCUT2D eigenvalue weighted by Gasteiger charge is 2.53. The molecule has 22 heteroatoms. The fourth-order valence-electron chi connectivity index (χ4n) is 6.50. The molecule has 1 aromatic heterocycles. The van der Waals surface area contributed by atoms with Crippen molar-refractivity contribution in [2.24, 2.45) is 5.73 Å². The fourth-order valence-corrected chi connectivity index (χ4v) is 8.10. The van der Waals surface area contributed by atoms with Crippen molar-refractivity contribution in [3.05, 3.63) is 75.0 Å². The second kappa shape index (κ2) is 20.9. The Labute approximate surface area is 351 Å². The van der Waals surface area contributed by atoms with E-state index < -0.39 is 99.2 Å². The molecule has 1 aliphatic heterocycles. The normalized spacial score (nSPS) is 18.9. The van der Waals surface area contributed by atoms with Gasteiger partial charge in [0.1, 0.15) is 18.5 Å². The number of carbonyl (C=O) groups is 5. The van der Waals surface area contributed by atoms with Crippen LogP contribution in [0.1, 0.15) is 76.3 Å². The van der Waals surface area contributed by atoms with Crippen molar-refractivity contribution in [1.82, 2.24) is 14.5 Å². The molecule has 1 saturated heterocycles. The minimum absolute atomic E-state index is 0.00760. The monoisotopic (exact) mass is 875 g/mol. The number of nitro benzene ring substituents is 1. The summed E-state index contributed by atoms with van der Waals surface area (Å²) in [5.41, 5.74) is 7.55. The number of aromatic amines is 1. The number of H-pyrrole nitrogens is 1. The van der Waals surface area contributed by atoms with Gasteiger partial charge in [-0.1, -0.05) is 32.0 Å². The topological polar surface area (TPSA) is 285 Å². The number of carbonyl (C=O) groups excluding carboxylic acids is 5. The van der Waals surface area contributed by atoms with Gasteiger partial charge in [0.25, 0.3) is 5.69 Å². The van der Waals surface area contributed by atoms with Crippen LogP contribution in [-0.4, -0.2) is 115 Å². The highest BCUT2D eigenvalue weighted by atomic mass is 32.2. The summed E-state index contributed by atoms with van der Waals surface area (Å²) in [6, 6.07) is 10.1. The number of nitrogens with one attached hydrogen (secondary N) is 1. The molecule has 0 spiro atoms. The lowest BCUT2D eigenvalue weighted by Crippen LogP contribution is -2.63. The molecule has 1 amide bonds. The standard InChI is InChI=1S/C39H49N5O16S/c1-21(2)34-29(38(42-41-34)60-39-37(58-26(7)48)36(57-25(6)47)35(56-24(5)46)31(59-39)20-55-23(4)45)18-27-13-14-28(17-22(27)3)54-16-10-15-43(19-33(40)49)61(52,53)32-12-9-8-11-30(32)44(50)51/h8-9,11-14,17,21,31,35-37,39H,10,15-16,18-20H2,1-7H3,(H2,40,49)(H,41,42)/t31-,35-,36+,37-,39+/m1/s1. The molecule has 0 saturated carbocycles. The Balaban J connectivity index is 1.56. The first kappa shape index (κ1) is 47.5. The van der Waals surface area contributed by atoms with Crippen LogP contribution in [0.25, 0.3) is 0 Å². The molecule has 61 heavy (non-hydrogen) atoms. The maximum atomic E-state index is 13.4. The number of primary amides is 1. The zero-order valence-electron chi connectivity index (χ0n) is 34.6. The predicted octanol–water partition coefficient (Wildman–Crippen LogP) is 2.75. The van der Waals surface area contributed by atoms with E-state index in [1.54, 1.807) is 18.2 Å². The van der Waals surface area contributed by atoms with E-state index in [0.717, 1.165) is 55.3 Å². The van der Waals surface area contributed by atoms with Crippen molar-refractivity contribution >= 4 is 45.5 Å². The second-order valence-corrected chi connectivity index (χ2v) is 16.2. The lowest BCUT2D eigenvalue weighted by atomic mass is 9.96. The highest BCUT2D eigenvalue weighted by Crippen LogP contribution is 2.35. The fraction of sp³-hybridized carbons (Fsp3) is 0.487. The van der Waals surface area contributed by atoms with Crippen LogP contribution < -0.4 is 15.2 Å². The van der Waals surface area contributed by atoms with Crippen LogP contribution >= 0.6 is 0 Å². The number of nitrogens with zero attached hydrogens (tertiary/aromatic N) is 3. The molecule has 0 aliphatic carbocycles. The predicted molar refractivity (Wildman–Crippen MR) is 210 cm³/mol. The molecule has 0 unspecified atom stereocenters. The Morgan fingerprint density at radius 3 is 2.18 bits per heavy atom. The molecule has 332 valence electrons. The first-order valence-corrected chi connectivity index (χ1v) is 20.4. The van der Waals surface area contributed by atoms with E-state index in [-0.39, 0.29) is 37.8 Å². The lowest BCUT2D eigenvalue weighted by molar-refractivity contribution is -0.387. The van der Waals surface area contributed by atoms with Gasteiger partial charge in [-0.2, -0.15) is 4.31 Å². The number of amides is 1. The Bertz CT molecular complexity index is 2210. The third-order valence-corrected chi connectivity index (χ3v) is 11.0. The summed E-state index contributed by atoms with van der Waals surface area (Å²) in [5, 5.41) is 18.9. The molecule has 2 heterocycles. The van der Waals surface area contributed by atoms with Gasteiger partial charge in [-0.05, 0) is 48.6 Å². The molecule has 2 aromatic carbocycles. The molecule has 1 fully saturated rings. The first-order valence-electron chi connectivity index (χ1n) is 19.0. The van der Waals surface area contributed by atoms with E-state index in [1.807, 2.05) is 20.8 Å². The van der Waals surface area contributed by atoms with Crippen molar-refractivity contribution in [3.8, 4) is 11.6 Å². The lowest BCUT2D eigenvalue weighted by Gasteiger charge is -2.43. The Kier molecular flexibility index (Phi) is 16.3. The van der Waals surface area contributed by atoms with E-state index >= 15 is 0 Å². The van der Waals surface area contributed by atoms with Crippen molar-refractivity contribution in [3.63, 3.8) is 0 Å². The van der Waals surface area contributed by atoms with E-state index in [9.17, 15) is 42.5 Å². The van der Waals surface area contributed by atoms with Gasteiger partial charge in [-0.3, -0.25) is 39.2 Å². The number of ether oxygens (including phenoxy) is 7. The average Bonchev–Trinajstić information content (AvgIpc) is 3.56. The molecule has 0 radical (unpaired) electrons.